The number of nitrogens with zero attached hydrogens (tertiary/aromatic N) is 4. The molecule has 0 bridgehead atoms. The molecule has 0 atom stereocenters. The quantitative estimate of drug-likeness (QED) is 0.489. The first-order valence-electron chi connectivity index (χ1n) is 11.9. The summed E-state index contributed by atoms with van der Waals surface area (Å²) in [6.45, 7) is 3.94. The average Bonchev–Trinajstić information content (AvgIpc) is 3.24. The topological polar surface area (TPSA) is 80.1 Å². The molecule has 1 N–H and O–H groups in total. The minimum absolute atomic E-state index is 0.000669. The molecule has 0 unspecified atom stereocenters. The van der Waals surface area contributed by atoms with Crippen LogP contribution in [0.25, 0.3) is 0 Å². The normalized spacial score (nSPS) is 14.7. The Hall–Kier alpha value is -3.77. The van der Waals surface area contributed by atoms with Crippen LogP contribution in [-0.4, -0.2) is 50.2 Å². The van der Waals surface area contributed by atoms with Crippen molar-refractivity contribution in [2.24, 2.45) is 5.92 Å². The maximum Gasteiger partial charge on any atom is 0.276 e. The number of likely N-dealkylation sites (tertiary alicyclic amines) is 1. The number of nitrogens with one attached hydrogen (secondary N) is 1. The molecule has 0 saturated carbocycles. The average molecular weight is 526 g/mol. The second kappa shape index (κ2) is 11.1. The molecule has 3 heterocycles. The van der Waals surface area contributed by atoms with Crippen molar-refractivity contribution in [2.75, 3.05) is 18.4 Å². The van der Waals surface area contributed by atoms with Crippen LogP contribution < -0.4 is 5.32 Å². The van der Waals surface area contributed by atoms with Gasteiger partial charge in [0.05, 0.1) is 17.8 Å². The van der Waals surface area contributed by atoms with E-state index in [4.69, 9.17) is 11.6 Å². The fourth-order valence-electron chi connectivity index (χ4n) is 4.06. The van der Waals surface area contributed by atoms with Gasteiger partial charge in [0.2, 0.25) is 5.91 Å². The molecule has 1 fully saturated rings. The first kappa shape index (κ1) is 26.3. The van der Waals surface area contributed by atoms with Crippen LogP contribution in [0.15, 0.2) is 48.8 Å². The van der Waals surface area contributed by atoms with E-state index in [0.29, 0.717) is 5.56 Å². The Kier molecular flexibility index (Phi) is 7.89. The van der Waals surface area contributed by atoms with Crippen molar-refractivity contribution >= 4 is 29.2 Å². The van der Waals surface area contributed by atoms with Gasteiger partial charge in [-0.1, -0.05) is 55.5 Å². The highest BCUT2D eigenvalue weighted by molar-refractivity contribution is 6.34. The lowest BCUT2D eigenvalue weighted by atomic mass is 9.92. The second-order valence-corrected chi connectivity index (χ2v) is 9.66. The summed E-state index contributed by atoms with van der Waals surface area (Å²) in [6.07, 6.45) is 2.79. The molecule has 7 nitrogen and oxygen atoms in total. The van der Waals surface area contributed by atoms with Crippen LogP contribution in [0.3, 0.4) is 0 Å². The number of anilines is 1. The van der Waals surface area contributed by atoms with Crippen LogP contribution in [0.5, 0.6) is 0 Å². The lowest BCUT2D eigenvalue weighted by molar-refractivity contribution is -0.137. The number of hydrogen-bond donors (Lipinski definition) is 1. The summed E-state index contributed by atoms with van der Waals surface area (Å²) in [4.78, 5) is 30.8. The van der Waals surface area contributed by atoms with E-state index in [-0.39, 0.29) is 60.8 Å². The zero-order valence-corrected chi connectivity index (χ0v) is 21.2. The maximum atomic E-state index is 15.6. The first-order valence-corrected chi connectivity index (χ1v) is 12.3. The summed E-state index contributed by atoms with van der Waals surface area (Å²) >= 11 is 6.18. The van der Waals surface area contributed by atoms with Gasteiger partial charge in [-0.25, -0.2) is 13.8 Å². The molecule has 2 aromatic heterocycles. The molecule has 2 amide bonds. The van der Waals surface area contributed by atoms with E-state index >= 15 is 4.39 Å². The number of aromatic nitrogens is 3. The molecule has 0 radical (unpaired) electrons. The summed E-state index contributed by atoms with van der Waals surface area (Å²) in [5.74, 6) is 3.70. The number of halogens is 3. The van der Waals surface area contributed by atoms with E-state index in [1.165, 1.54) is 23.1 Å². The van der Waals surface area contributed by atoms with E-state index in [1.54, 1.807) is 18.7 Å². The highest BCUT2D eigenvalue weighted by atomic mass is 35.5. The largest absolute Gasteiger partial charge is 0.342 e. The van der Waals surface area contributed by atoms with Crippen molar-refractivity contribution in [3.05, 3.63) is 76.5 Å². The SMILES string of the molecule is CC(C)C(=O)N1CCC(F)(Cn2ncc(Cl)c2C(=O)Nc2ncc(C#Cc3ccccc3)cc2F)CC1. The number of hydrogen-bond acceptors (Lipinski definition) is 4. The lowest BCUT2D eigenvalue weighted by Gasteiger charge is -2.37. The first-order chi connectivity index (χ1) is 17.6. The Morgan fingerprint density at radius 2 is 1.81 bits per heavy atom. The lowest BCUT2D eigenvalue weighted by Crippen LogP contribution is -2.47. The van der Waals surface area contributed by atoms with Crippen LogP contribution in [0.4, 0.5) is 14.6 Å². The van der Waals surface area contributed by atoms with Crippen LogP contribution in [-0.2, 0) is 11.3 Å². The number of benzene rings is 1. The molecule has 1 aliphatic heterocycles. The van der Waals surface area contributed by atoms with Gasteiger partial charge in [0.25, 0.3) is 5.91 Å². The van der Waals surface area contributed by atoms with Gasteiger partial charge in [0, 0.05) is 49.2 Å². The van der Waals surface area contributed by atoms with Crippen molar-refractivity contribution in [1.29, 1.82) is 0 Å². The third kappa shape index (κ3) is 6.33. The number of pyridine rings is 1. The molecule has 4 rings (SSSR count). The van der Waals surface area contributed by atoms with E-state index in [0.717, 1.165) is 5.56 Å². The zero-order valence-electron chi connectivity index (χ0n) is 20.5. The van der Waals surface area contributed by atoms with Gasteiger partial charge in [-0.2, -0.15) is 5.10 Å². The summed E-state index contributed by atoms with van der Waals surface area (Å²) in [6, 6.07) is 10.4. The Morgan fingerprint density at radius 1 is 1.14 bits per heavy atom. The Balaban J connectivity index is 1.44. The standard InChI is InChI=1S/C27H26ClF2N5O2/c1-18(2)26(37)34-12-10-27(30,11-13-34)17-35-23(21(28)16-32-35)25(36)33-24-22(29)14-20(15-31-24)9-8-19-6-4-3-5-7-19/h3-7,14-16,18H,10-13,17H2,1-2H3,(H,31,33,36). The van der Waals surface area contributed by atoms with Crippen molar-refractivity contribution in [1.82, 2.24) is 19.7 Å². The molecule has 192 valence electrons. The Bertz CT molecular complexity index is 1360. The summed E-state index contributed by atoms with van der Waals surface area (Å²) in [7, 11) is 0. The van der Waals surface area contributed by atoms with Gasteiger partial charge in [0.15, 0.2) is 11.6 Å². The van der Waals surface area contributed by atoms with Crippen molar-refractivity contribution < 1.29 is 18.4 Å². The van der Waals surface area contributed by atoms with E-state index in [9.17, 15) is 14.0 Å². The second-order valence-electron chi connectivity index (χ2n) is 9.25. The predicted octanol–water partition coefficient (Wildman–Crippen LogP) is 4.71. The van der Waals surface area contributed by atoms with Gasteiger partial charge in [-0.3, -0.25) is 14.3 Å². The third-order valence-corrected chi connectivity index (χ3v) is 6.38. The molecule has 3 aromatic rings. The fraction of sp³-hybridized carbons (Fsp3) is 0.333. The number of carbonyl (C=O) groups is 2. The Morgan fingerprint density at radius 3 is 2.46 bits per heavy atom. The van der Waals surface area contributed by atoms with Gasteiger partial charge in [-0.05, 0) is 18.2 Å². The van der Waals surface area contributed by atoms with Gasteiger partial charge >= 0.3 is 0 Å². The Labute approximate surface area is 218 Å². The molecule has 1 aliphatic rings. The maximum absolute atomic E-state index is 15.6. The number of rotatable bonds is 5. The van der Waals surface area contributed by atoms with Crippen LogP contribution in [0.2, 0.25) is 5.02 Å². The predicted molar refractivity (Wildman–Crippen MR) is 136 cm³/mol. The smallest absolute Gasteiger partial charge is 0.276 e. The number of amides is 2. The summed E-state index contributed by atoms with van der Waals surface area (Å²) < 4.78 is 31.5. The van der Waals surface area contributed by atoms with Crippen LogP contribution >= 0.6 is 11.6 Å². The molecule has 1 saturated heterocycles. The highest BCUT2D eigenvalue weighted by Gasteiger charge is 2.38. The summed E-state index contributed by atoms with van der Waals surface area (Å²) in [5, 5.41) is 6.45. The van der Waals surface area contributed by atoms with Gasteiger partial charge < -0.3 is 10.2 Å². The molecule has 1 aromatic carbocycles. The molecule has 10 heteroatoms. The molecular weight excluding hydrogens is 500 g/mol. The molecule has 37 heavy (non-hydrogen) atoms. The van der Waals surface area contributed by atoms with E-state index in [1.807, 2.05) is 30.3 Å². The molecular formula is C27H26ClF2N5O2. The van der Waals surface area contributed by atoms with Crippen LogP contribution in [0.1, 0.15) is 48.3 Å². The minimum Gasteiger partial charge on any atom is -0.342 e. The summed E-state index contributed by atoms with van der Waals surface area (Å²) in [5.41, 5.74) is -0.676. The van der Waals surface area contributed by atoms with Crippen molar-refractivity contribution in [3.63, 3.8) is 0 Å². The monoisotopic (exact) mass is 525 g/mol. The van der Waals surface area contributed by atoms with Crippen LogP contribution in [0, 0.1) is 23.6 Å². The third-order valence-electron chi connectivity index (χ3n) is 6.11. The fourth-order valence-corrected chi connectivity index (χ4v) is 4.29. The van der Waals surface area contributed by atoms with Gasteiger partial charge in [-0.15, -0.1) is 0 Å². The van der Waals surface area contributed by atoms with E-state index in [2.05, 4.69) is 27.2 Å². The number of piperidine rings is 1. The number of alkyl halides is 1. The van der Waals surface area contributed by atoms with E-state index < -0.39 is 17.4 Å². The number of carbonyl (C=O) groups excluding carboxylic acids is 2. The zero-order chi connectivity index (χ0) is 26.6. The molecule has 0 spiro atoms. The van der Waals surface area contributed by atoms with Gasteiger partial charge in [0.1, 0.15) is 11.4 Å². The highest BCUT2D eigenvalue weighted by Crippen LogP contribution is 2.30. The minimum atomic E-state index is -1.68. The molecule has 0 aliphatic carbocycles. The van der Waals surface area contributed by atoms with Crippen molar-refractivity contribution in [2.45, 2.75) is 38.9 Å². The van der Waals surface area contributed by atoms with Crippen molar-refractivity contribution in [3.8, 4) is 11.8 Å².